The van der Waals surface area contributed by atoms with Crippen LogP contribution in [0.3, 0.4) is 0 Å². The Bertz CT molecular complexity index is 1250. The van der Waals surface area contributed by atoms with Gasteiger partial charge in [-0.1, -0.05) is 42.5 Å². The highest BCUT2D eigenvalue weighted by molar-refractivity contribution is 7.98. The highest BCUT2D eigenvalue weighted by Gasteiger charge is 2.21. The van der Waals surface area contributed by atoms with E-state index < -0.39 is 0 Å². The summed E-state index contributed by atoms with van der Waals surface area (Å²) in [5.41, 5.74) is 8.79. The van der Waals surface area contributed by atoms with Crippen LogP contribution >= 0.6 is 11.8 Å². The second-order valence-corrected chi connectivity index (χ2v) is 8.18. The number of rotatable bonds is 9. The summed E-state index contributed by atoms with van der Waals surface area (Å²) in [6.07, 6.45) is 2.00. The van der Waals surface area contributed by atoms with Gasteiger partial charge in [-0.3, -0.25) is 9.13 Å². The van der Waals surface area contributed by atoms with Crippen molar-refractivity contribution in [3.8, 4) is 11.6 Å². The van der Waals surface area contributed by atoms with Crippen LogP contribution in [0.1, 0.15) is 11.1 Å². The minimum Gasteiger partial charge on any atom is -0.497 e. The molecule has 4 aromatic rings. The summed E-state index contributed by atoms with van der Waals surface area (Å²) >= 11 is 1.66. The number of hydrogen-bond acceptors (Lipinski definition) is 7. The van der Waals surface area contributed by atoms with Gasteiger partial charge < -0.3 is 15.2 Å². The van der Waals surface area contributed by atoms with Crippen molar-refractivity contribution in [2.75, 3.05) is 24.9 Å². The predicted octanol–water partition coefficient (Wildman–Crippen LogP) is 3.17. The lowest BCUT2D eigenvalue weighted by Gasteiger charge is -2.09. The molecule has 4 rings (SSSR count). The van der Waals surface area contributed by atoms with Crippen molar-refractivity contribution in [2.24, 2.45) is 0 Å². The summed E-state index contributed by atoms with van der Waals surface area (Å²) in [5, 5.41) is 0. The van der Waals surface area contributed by atoms with Crippen LogP contribution in [-0.2, 0) is 19.7 Å². The number of thioether (sulfide) groups is 1. The van der Waals surface area contributed by atoms with Crippen LogP contribution in [0, 0.1) is 0 Å². The van der Waals surface area contributed by atoms with E-state index in [1.54, 1.807) is 28.0 Å². The number of aromatic nitrogens is 4. The van der Waals surface area contributed by atoms with E-state index in [9.17, 15) is 4.79 Å². The molecule has 2 heterocycles. The van der Waals surface area contributed by atoms with Gasteiger partial charge in [0.2, 0.25) is 11.8 Å². The molecule has 9 heteroatoms. The molecule has 0 saturated heterocycles. The van der Waals surface area contributed by atoms with Crippen LogP contribution in [0.5, 0.6) is 11.6 Å². The maximum absolute atomic E-state index is 13.4. The van der Waals surface area contributed by atoms with Crippen LogP contribution in [0.2, 0.25) is 0 Å². The van der Waals surface area contributed by atoms with E-state index in [4.69, 9.17) is 15.2 Å². The van der Waals surface area contributed by atoms with Crippen molar-refractivity contribution >= 4 is 28.9 Å². The number of aryl methyl sites for hydroxylation is 1. The summed E-state index contributed by atoms with van der Waals surface area (Å²) in [5.74, 6) is 1.89. The topological polar surface area (TPSA) is 97.2 Å². The Morgan fingerprint density at radius 3 is 2.44 bits per heavy atom. The van der Waals surface area contributed by atoms with Gasteiger partial charge in [0, 0.05) is 12.3 Å². The number of ether oxygens (including phenoxy) is 2. The predicted molar refractivity (Wildman–Crippen MR) is 127 cm³/mol. The summed E-state index contributed by atoms with van der Waals surface area (Å²) in [4.78, 5) is 22.1. The zero-order valence-electron chi connectivity index (χ0n) is 18.0. The lowest BCUT2D eigenvalue weighted by atomic mass is 10.2. The maximum atomic E-state index is 13.4. The number of fused-ring (bicyclic) bond motifs is 1. The fourth-order valence-corrected chi connectivity index (χ4v) is 3.83. The van der Waals surface area contributed by atoms with E-state index >= 15 is 0 Å². The van der Waals surface area contributed by atoms with Gasteiger partial charge in [0.05, 0.1) is 13.7 Å². The summed E-state index contributed by atoms with van der Waals surface area (Å²) in [6, 6.07) is 17.4. The van der Waals surface area contributed by atoms with E-state index in [-0.39, 0.29) is 11.6 Å². The largest absolute Gasteiger partial charge is 0.497 e. The van der Waals surface area contributed by atoms with Crippen molar-refractivity contribution in [1.82, 2.24) is 19.1 Å². The number of nitrogen functional groups attached to an aromatic ring is 1. The van der Waals surface area contributed by atoms with Crippen LogP contribution in [-0.4, -0.2) is 38.2 Å². The molecule has 32 heavy (non-hydrogen) atoms. The molecule has 166 valence electrons. The van der Waals surface area contributed by atoms with Gasteiger partial charge in [-0.2, -0.15) is 21.7 Å². The van der Waals surface area contributed by atoms with Gasteiger partial charge in [-0.15, -0.1) is 0 Å². The molecule has 0 aliphatic heterocycles. The number of benzene rings is 2. The number of methoxy groups -OCH3 is 1. The van der Waals surface area contributed by atoms with Gasteiger partial charge in [0.15, 0.2) is 11.2 Å². The van der Waals surface area contributed by atoms with E-state index in [2.05, 4.69) is 9.97 Å². The fourth-order valence-electron chi connectivity index (χ4n) is 3.47. The molecule has 8 nitrogen and oxygen atoms in total. The third-order valence-corrected chi connectivity index (χ3v) is 5.67. The highest BCUT2D eigenvalue weighted by atomic mass is 32.2. The Kier molecular flexibility index (Phi) is 6.65. The second-order valence-electron chi connectivity index (χ2n) is 7.19. The standard InChI is InChI=1S/C23H25N5O3S/c1-30-18-10-8-16(9-11-18)14-28-20-19(27(23(28)29)12-13-32-2)21(26-22(24)25-20)31-15-17-6-4-3-5-7-17/h3-11H,12-15H2,1-2H3,(H2,24,25,26). The Hall–Kier alpha value is -3.46. The van der Waals surface area contributed by atoms with Gasteiger partial charge in [0.1, 0.15) is 12.4 Å². The minimum absolute atomic E-state index is 0.0612. The summed E-state index contributed by atoms with van der Waals surface area (Å²) in [7, 11) is 1.62. The van der Waals surface area contributed by atoms with Crippen LogP contribution < -0.4 is 20.9 Å². The van der Waals surface area contributed by atoms with Gasteiger partial charge in [-0.05, 0) is 29.5 Å². The molecule has 0 aliphatic rings. The van der Waals surface area contributed by atoms with Gasteiger partial charge in [0.25, 0.3) is 0 Å². The Morgan fingerprint density at radius 1 is 1.00 bits per heavy atom. The Morgan fingerprint density at radius 2 is 1.75 bits per heavy atom. The van der Waals surface area contributed by atoms with Crippen molar-refractivity contribution < 1.29 is 9.47 Å². The quantitative estimate of drug-likeness (QED) is 0.417. The molecule has 2 aromatic carbocycles. The molecule has 0 aliphatic carbocycles. The number of nitrogens with two attached hydrogens (primary N) is 1. The zero-order valence-corrected chi connectivity index (χ0v) is 18.8. The molecule has 2 N–H and O–H groups in total. The minimum atomic E-state index is -0.172. The van der Waals surface area contributed by atoms with E-state index in [1.165, 1.54) is 0 Å². The van der Waals surface area contributed by atoms with E-state index in [0.29, 0.717) is 36.7 Å². The highest BCUT2D eigenvalue weighted by Crippen LogP contribution is 2.25. The number of hydrogen-bond donors (Lipinski definition) is 1. The summed E-state index contributed by atoms with van der Waals surface area (Å²) in [6.45, 7) is 1.17. The smallest absolute Gasteiger partial charge is 0.330 e. The van der Waals surface area contributed by atoms with Crippen molar-refractivity contribution in [3.63, 3.8) is 0 Å². The average Bonchev–Trinajstić information content (AvgIpc) is 3.08. The van der Waals surface area contributed by atoms with E-state index in [0.717, 1.165) is 22.6 Å². The molecular formula is C23H25N5O3S. The first-order valence-corrected chi connectivity index (χ1v) is 11.5. The molecule has 0 spiro atoms. The molecule has 0 bridgehead atoms. The van der Waals surface area contributed by atoms with Crippen molar-refractivity contribution in [2.45, 2.75) is 19.7 Å². The molecule has 0 atom stereocenters. The maximum Gasteiger partial charge on any atom is 0.330 e. The van der Waals surface area contributed by atoms with E-state index in [1.807, 2.05) is 60.9 Å². The number of anilines is 1. The first kappa shape index (κ1) is 21.8. The lowest BCUT2D eigenvalue weighted by Crippen LogP contribution is -2.25. The Balaban J connectivity index is 1.78. The van der Waals surface area contributed by atoms with Crippen molar-refractivity contribution in [3.05, 3.63) is 76.2 Å². The zero-order chi connectivity index (χ0) is 22.5. The average molecular weight is 452 g/mol. The molecule has 0 saturated carbocycles. The fraction of sp³-hybridized carbons (Fsp3) is 0.261. The molecule has 0 radical (unpaired) electrons. The first-order valence-electron chi connectivity index (χ1n) is 10.2. The van der Waals surface area contributed by atoms with Gasteiger partial charge in [-0.25, -0.2) is 4.79 Å². The lowest BCUT2D eigenvalue weighted by molar-refractivity contribution is 0.296. The monoisotopic (exact) mass is 451 g/mol. The molecule has 0 unspecified atom stereocenters. The first-order chi connectivity index (χ1) is 15.6. The third kappa shape index (κ3) is 4.57. The molecule has 0 fully saturated rings. The normalized spacial score (nSPS) is 11.1. The molecule has 2 aromatic heterocycles. The second kappa shape index (κ2) is 9.78. The molecular weight excluding hydrogens is 426 g/mol. The van der Waals surface area contributed by atoms with Gasteiger partial charge >= 0.3 is 5.69 Å². The SMILES string of the molecule is COc1ccc(Cn2c(=O)n(CCSC)c3c(OCc4ccccc4)nc(N)nc32)cc1. The number of nitrogens with zero attached hydrogens (tertiary/aromatic N) is 4. The van der Waals surface area contributed by atoms with Crippen LogP contribution in [0.25, 0.3) is 11.2 Å². The van der Waals surface area contributed by atoms with Crippen LogP contribution in [0.4, 0.5) is 5.95 Å². The number of imidazole rings is 1. The van der Waals surface area contributed by atoms with Crippen molar-refractivity contribution in [1.29, 1.82) is 0 Å². The van der Waals surface area contributed by atoms with Crippen LogP contribution in [0.15, 0.2) is 59.4 Å². The third-order valence-electron chi connectivity index (χ3n) is 5.08. The Labute approximate surface area is 190 Å². The molecule has 0 amide bonds. The summed E-state index contributed by atoms with van der Waals surface area (Å²) < 4.78 is 14.5.